The van der Waals surface area contributed by atoms with Gasteiger partial charge in [0.25, 0.3) is 0 Å². The Hall–Kier alpha value is -2.41. The minimum absolute atomic E-state index is 0.00692. The molecule has 2 aliphatic heterocycles. The van der Waals surface area contributed by atoms with Crippen LogP contribution in [0.1, 0.15) is 54.7 Å². The van der Waals surface area contributed by atoms with Gasteiger partial charge in [-0.05, 0) is 67.5 Å². The number of hydrogen-bond acceptors (Lipinski definition) is 2. The lowest BCUT2D eigenvalue weighted by Crippen LogP contribution is -2.51. The number of nitrogens with one attached hydrogen (secondary N) is 1. The van der Waals surface area contributed by atoms with Crippen LogP contribution in [0.25, 0.3) is 0 Å². The van der Waals surface area contributed by atoms with Crippen molar-refractivity contribution in [2.75, 3.05) is 26.2 Å². The number of nitrogens with zero attached hydrogens (tertiary/aromatic N) is 1. The highest BCUT2D eigenvalue weighted by Gasteiger charge is 2.45. The number of piperidine rings is 2. The van der Waals surface area contributed by atoms with Crippen LogP contribution in [0.3, 0.4) is 0 Å². The molecular formula is C25H28F4N2O. The normalized spacial score (nSPS) is 22.0. The van der Waals surface area contributed by atoms with Gasteiger partial charge in [0.2, 0.25) is 5.91 Å². The summed E-state index contributed by atoms with van der Waals surface area (Å²) in [5.74, 6) is -1.16. The molecule has 2 saturated heterocycles. The first-order valence-corrected chi connectivity index (χ1v) is 11.1. The number of likely N-dealkylation sites (tertiary alicyclic amines) is 1. The van der Waals surface area contributed by atoms with E-state index in [4.69, 9.17) is 0 Å². The van der Waals surface area contributed by atoms with Gasteiger partial charge in [0.05, 0.1) is 11.5 Å². The van der Waals surface area contributed by atoms with Crippen LogP contribution in [0.5, 0.6) is 0 Å². The molecule has 2 aromatic carbocycles. The zero-order valence-corrected chi connectivity index (χ0v) is 18.1. The van der Waals surface area contributed by atoms with Gasteiger partial charge in [0.1, 0.15) is 5.82 Å². The van der Waals surface area contributed by atoms with Crippen molar-refractivity contribution in [2.24, 2.45) is 5.41 Å². The van der Waals surface area contributed by atoms with Gasteiger partial charge in [-0.1, -0.05) is 30.3 Å². The molecule has 2 unspecified atom stereocenters. The first-order valence-electron chi connectivity index (χ1n) is 11.1. The first kappa shape index (κ1) is 22.8. The zero-order chi connectivity index (χ0) is 22.9. The number of carbonyl (C=O) groups is 1. The summed E-state index contributed by atoms with van der Waals surface area (Å²) < 4.78 is 53.7. The van der Waals surface area contributed by atoms with Gasteiger partial charge in [-0.2, -0.15) is 13.2 Å². The lowest BCUT2D eigenvalue weighted by atomic mass is 9.62. The van der Waals surface area contributed by atoms with Crippen LogP contribution >= 0.6 is 0 Å². The Morgan fingerprint density at radius 2 is 1.72 bits per heavy atom. The second-order valence-electron chi connectivity index (χ2n) is 9.05. The summed E-state index contributed by atoms with van der Waals surface area (Å²) in [4.78, 5) is 14.9. The van der Waals surface area contributed by atoms with Crippen molar-refractivity contribution in [3.63, 3.8) is 0 Å². The van der Waals surface area contributed by atoms with Crippen LogP contribution in [0, 0.1) is 11.2 Å². The van der Waals surface area contributed by atoms with Crippen LogP contribution in [0.15, 0.2) is 48.5 Å². The molecule has 2 aromatic rings. The number of hydrogen-bond donors (Lipinski definition) is 1. The fourth-order valence-corrected chi connectivity index (χ4v) is 5.45. The van der Waals surface area contributed by atoms with Gasteiger partial charge in [-0.15, -0.1) is 0 Å². The Kier molecular flexibility index (Phi) is 6.30. The smallest absolute Gasteiger partial charge is 0.342 e. The van der Waals surface area contributed by atoms with Crippen molar-refractivity contribution < 1.29 is 22.4 Å². The summed E-state index contributed by atoms with van der Waals surface area (Å²) in [6, 6.07) is 12.0. The van der Waals surface area contributed by atoms with E-state index in [2.05, 4.69) is 5.32 Å². The summed E-state index contributed by atoms with van der Waals surface area (Å²) in [6.07, 6.45) is -1.95. The number of amides is 1. The average Bonchev–Trinajstić information content (AvgIpc) is 2.79. The monoisotopic (exact) mass is 448 g/mol. The maximum Gasteiger partial charge on any atom is 0.416 e. The van der Waals surface area contributed by atoms with E-state index >= 15 is 0 Å². The van der Waals surface area contributed by atoms with Crippen molar-refractivity contribution in [3.05, 3.63) is 71.0 Å². The fourth-order valence-electron chi connectivity index (χ4n) is 5.45. The summed E-state index contributed by atoms with van der Waals surface area (Å²) in [5, 5.41) is 3.43. The van der Waals surface area contributed by atoms with Crippen LogP contribution in [0.2, 0.25) is 0 Å². The van der Waals surface area contributed by atoms with Crippen molar-refractivity contribution >= 4 is 5.91 Å². The van der Waals surface area contributed by atoms with Crippen molar-refractivity contribution in [3.8, 4) is 0 Å². The lowest BCUT2D eigenvalue weighted by Gasteiger charge is -2.50. The molecule has 4 rings (SSSR count). The van der Waals surface area contributed by atoms with Crippen molar-refractivity contribution in [1.82, 2.24) is 10.2 Å². The molecule has 0 saturated carbocycles. The molecule has 7 heteroatoms. The third kappa shape index (κ3) is 4.40. The molecule has 3 nitrogen and oxygen atoms in total. The minimum Gasteiger partial charge on any atom is -0.342 e. The Balaban J connectivity index is 1.49. The van der Waals surface area contributed by atoms with Gasteiger partial charge in [-0.3, -0.25) is 4.79 Å². The number of alkyl halides is 3. The second-order valence-corrected chi connectivity index (χ2v) is 9.05. The van der Waals surface area contributed by atoms with E-state index in [1.54, 1.807) is 17.9 Å². The number of carbonyl (C=O) groups excluding carboxylic acids is 1. The Morgan fingerprint density at radius 1 is 1.06 bits per heavy atom. The lowest BCUT2D eigenvalue weighted by molar-refractivity contribution is -0.140. The molecule has 1 amide bonds. The van der Waals surface area contributed by atoms with Crippen LogP contribution in [-0.4, -0.2) is 37.0 Å². The van der Waals surface area contributed by atoms with E-state index in [1.807, 2.05) is 12.1 Å². The highest BCUT2D eigenvalue weighted by molar-refractivity contribution is 5.84. The number of rotatable bonds is 3. The summed E-state index contributed by atoms with van der Waals surface area (Å²) in [6.45, 7) is 4.29. The highest BCUT2D eigenvalue weighted by Crippen LogP contribution is 2.49. The largest absolute Gasteiger partial charge is 0.416 e. The Labute approximate surface area is 185 Å². The molecule has 0 radical (unpaired) electrons. The molecule has 32 heavy (non-hydrogen) atoms. The van der Waals surface area contributed by atoms with Crippen LogP contribution < -0.4 is 5.32 Å². The molecular weight excluding hydrogens is 420 g/mol. The molecule has 1 N–H and O–H groups in total. The van der Waals surface area contributed by atoms with Crippen LogP contribution in [0.4, 0.5) is 17.6 Å². The summed E-state index contributed by atoms with van der Waals surface area (Å²) in [5.41, 5.74) is 0.374. The minimum atomic E-state index is -4.49. The third-order valence-electron chi connectivity index (χ3n) is 7.33. The SMILES string of the molecule is CC(C(=O)N1CCC2(CCNCC2c2ccc(F)cc2)CC1)c1ccccc1C(F)(F)F. The maximum atomic E-state index is 13.4. The predicted molar refractivity (Wildman–Crippen MR) is 115 cm³/mol. The average molecular weight is 449 g/mol. The molecule has 0 aliphatic carbocycles. The van der Waals surface area contributed by atoms with E-state index in [-0.39, 0.29) is 28.6 Å². The summed E-state index contributed by atoms with van der Waals surface area (Å²) >= 11 is 0. The fraction of sp³-hybridized carbons (Fsp3) is 0.480. The molecule has 2 fully saturated rings. The number of halogens is 4. The number of benzene rings is 2. The molecule has 172 valence electrons. The quantitative estimate of drug-likeness (QED) is 0.644. The molecule has 2 aliphatic rings. The summed E-state index contributed by atoms with van der Waals surface area (Å²) in [7, 11) is 0. The van der Waals surface area contributed by atoms with E-state index in [9.17, 15) is 22.4 Å². The van der Waals surface area contributed by atoms with E-state index in [0.717, 1.165) is 44.0 Å². The second kappa shape index (κ2) is 8.85. The zero-order valence-electron chi connectivity index (χ0n) is 18.1. The van der Waals surface area contributed by atoms with Gasteiger partial charge < -0.3 is 10.2 Å². The van der Waals surface area contributed by atoms with E-state index < -0.39 is 17.7 Å². The van der Waals surface area contributed by atoms with E-state index in [0.29, 0.717) is 13.1 Å². The highest BCUT2D eigenvalue weighted by atomic mass is 19.4. The van der Waals surface area contributed by atoms with Gasteiger partial charge in [0, 0.05) is 25.6 Å². The predicted octanol–water partition coefficient (Wildman–Crippen LogP) is 5.33. The van der Waals surface area contributed by atoms with E-state index in [1.165, 1.54) is 24.3 Å². The molecule has 2 atom stereocenters. The third-order valence-corrected chi connectivity index (χ3v) is 7.33. The Morgan fingerprint density at radius 3 is 2.38 bits per heavy atom. The molecule has 0 bridgehead atoms. The van der Waals surface area contributed by atoms with Crippen molar-refractivity contribution in [1.29, 1.82) is 0 Å². The van der Waals surface area contributed by atoms with Crippen molar-refractivity contribution in [2.45, 2.75) is 44.2 Å². The van der Waals surface area contributed by atoms with Gasteiger partial charge >= 0.3 is 6.18 Å². The topological polar surface area (TPSA) is 32.3 Å². The maximum absolute atomic E-state index is 13.4. The molecule has 1 spiro atoms. The van der Waals surface area contributed by atoms with Gasteiger partial charge in [0.15, 0.2) is 0 Å². The Bertz CT molecular complexity index is 949. The van der Waals surface area contributed by atoms with Gasteiger partial charge in [-0.25, -0.2) is 4.39 Å². The molecule has 0 aromatic heterocycles. The standard InChI is InChI=1S/C25H28F4N2O/c1-17(20-4-2-3-5-21(20)25(27,28)29)23(32)31-14-11-24(12-15-31)10-13-30-16-22(24)18-6-8-19(26)9-7-18/h2-9,17,22,30H,10-16H2,1H3. The molecule has 2 heterocycles. The van der Waals surface area contributed by atoms with Crippen LogP contribution in [-0.2, 0) is 11.0 Å². The first-order chi connectivity index (χ1) is 15.2.